The first-order valence-corrected chi connectivity index (χ1v) is 7.65. The number of carbonyl (C=O) groups is 1. The Kier molecular flexibility index (Phi) is 6.03. The summed E-state index contributed by atoms with van der Waals surface area (Å²) in [6.45, 7) is 3.15. The average molecular weight is 342 g/mol. The van der Waals surface area contributed by atoms with Gasteiger partial charge in [-0.3, -0.25) is 4.68 Å². The number of aryl methyl sites for hydroxylation is 1. The summed E-state index contributed by atoms with van der Waals surface area (Å²) in [6, 6.07) is 4.92. The van der Waals surface area contributed by atoms with Crippen molar-refractivity contribution in [3.05, 3.63) is 46.2 Å². The molecule has 1 atom stereocenters. The third-order valence-corrected chi connectivity index (χ3v) is 3.85. The third kappa shape index (κ3) is 4.89. The number of aromatic nitrogens is 3. The highest BCUT2D eigenvalue weighted by Crippen LogP contribution is 2.25. The van der Waals surface area contributed by atoms with Gasteiger partial charge < -0.3 is 10.6 Å². The van der Waals surface area contributed by atoms with Crippen molar-refractivity contribution in [2.75, 3.05) is 6.54 Å². The summed E-state index contributed by atoms with van der Waals surface area (Å²) in [5.74, 6) is 0. The Balaban J connectivity index is 1.72. The normalized spacial score (nSPS) is 12.0. The fourth-order valence-electron chi connectivity index (χ4n) is 1.91. The molecule has 2 N–H and O–H groups in total. The summed E-state index contributed by atoms with van der Waals surface area (Å²) >= 11 is 11.8. The molecule has 0 bridgehead atoms. The number of rotatable bonds is 6. The molecule has 0 radical (unpaired) electrons. The molecule has 22 heavy (non-hydrogen) atoms. The average Bonchev–Trinajstić information content (AvgIpc) is 2.99. The fourth-order valence-corrected chi connectivity index (χ4v) is 2.21. The Morgan fingerprint density at radius 1 is 1.36 bits per heavy atom. The molecular formula is C14H17Cl2N5O. The first-order valence-electron chi connectivity index (χ1n) is 6.89. The van der Waals surface area contributed by atoms with Crippen molar-refractivity contribution in [2.45, 2.75) is 25.9 Å². The predicted molar refractivity (Wildman–Crippen MR) is 86.1 cm³/mol. The zero-order valence-corrected chi connectivity index (χ0v) is 13.6. The fraction of sp³-hybridized carbons (Fsp3) is 0.357. The molecule has 6 nitrogen and oxygen atoms in total. The van der Waals surface area contributed by atoms with Crippen molar-refractivity contribution in [2.24, 2.45) is 0 Å². The van der Waals surface area contributed by atoms with E-state index in [1.807, 2.05) is 13.0 Å². The van der Waals surface area contributed by atoms with Gasteiger partial charge in [-0.25, -0.2) is 4.79 Å². The van der Waals surface area contributed by atoms with E-state index in [1.54, 1.807) is 29.2 Å². The monoisotopic (exact) mass is 341 g/mol. The van der Waals surface area contributed by atoms with Gasteiger partial charge in [-0.05, 0) is 31.0 Å². The van der Waals surface area contributed by atoms with Crippen LogP contribution in [0.15, 0.2) is 30.6 Å². The summed E-state index contributed by atoms with van der Waals surface area (Å²) < 4.78 is 1.72. The molecular weight excluding hydrogens is 325 g/mol. The molecule has 0 fully saturated rings. The Labute approximate surface area is 138 Å². The lowest BCUT2D eigenvalue weighted by atomic mass is 10.1. The minimum absolute atomic E-state index is 0.162. The van der Waals surface area contributed by atoms with Crippen LogP contribution >= 0.6 is 23.2 Å². The number of hydrogen-bond donors (Lipinski definition) is 2. The molecule has 0 saturated carbocycles. The molecule has 2 aromatic rings. The van der Waals surface area contributed by atoms with E-state index in [2.05, 4.69) is 20.9 Å². The van der Waals surface area contributed by atoms with Crippen LogP contribution in [0.4, 0.5) is 4.79 Å². The van der Waals surface area contributed by atoms with E-state index < -0.39 is 0 Å². The second-order valence-electron chi connectivity index (χ2n) is 4.82. The smallest absolute Gasteiger partial charge is 0.315 e. The van der Waals surface area contributed by atoms with E-state index >= 15 is 0 Å². The lowest BCUT2D eigenvalue weighted by molar-refractivity contribution is 0.237. The van der Waals surface area contributed by atoms with Crippen LogP contribution in [0.5, 0.6) is 0 Å². The molecule has 0 aliphatic rings. The molecule has 1 heterocycles. The van der Waals surface area contributed by atoms with Gasteiger partial charge in [0, 0.05) is 19.3 Å². The second kappa shape index (κ2) is 8.00. The third-order valence-electron chi connectivity index (χ3n) is 3.11. The molecule has 8 heteroatoms. The zero-order valence-electron chi connectivity index (χ0n) is 12.1. The maximum atomic E-state index is 11.8. The minimum atomic E-state index is -0.225. The van der Waals surface area contributed by atoms with Gasteiger partial charge in [0.05, 0.1) is 22.3 Å². The minimum Gasteiger partial charge on any atom is -0.338 e. The largest absolute Gasteiger partial charge is 0.338 e. The van der Waals surface area contributed by atoms with Gasteiger partial charge >= 0.3 is 6.03 Å². The maximum absolute atomic E-state index is 11.8. The number of urea groups is 1. The van der Waals surface area contributed by atoms with Crippen LogP contribution in [0.25, 0.3) is 0 Å². The number of nitrogens with zero attached hydrogens (tertiary/aromatic N) is 3. The molecule has 0 unspecified atom stereocenters. The quantitative estimate of drug-likeness (QED) is 0.793. The Morgan fingerprint density at radius 3 is 2.86 bits per heavy atom. The molecule has 118 valence electrons. The molecule has 0 saturated heterocycles. The van der Waals surface area contributed by atoms with Crippen LogP contribution in [-0.4, -0.2) is 27.6 Å². The van der Waals surface area contributed by atoms with Gasteiger partial charge in [-0.2, -0.15) is 0 Å². The van der Waals surface area contributed by atoms with E-state index in [9.17, 15) is 4.79 Å². The maximum Gasteiger partial charge on any atom is 0.315 e. The number of hydrogen-bond acceptors (Lipinski definition) is 3. The van der Waals surface area contributed by atoms with Crippen LogP contribution in [0, 0.1) is 0 Å². The summed E-state index contributed by atoms with van der Waals surface area (Å²) in [4.78, 5) is 11.8. The van der Waals surface area contributed by atoms with E-state index in [4.69, 9.17) is 23.2 Å². The van der Waals surface area contributed by atoms with Crippen LogP contribution in [-0.2, 0) is 6.54 Å². The van der Waals surface area contributed by atoms with Crippen LogP contribution in [0.1, 0.15) is 24.9 Å². The number of amides is 2. The summed E-state index contributed by atoms with van der Waals surface area (Å²) in [7, 11) is 0. The van der Waals surface area contributed by atoms with Gasteiger partial charge in [0.2, 0.25) is 0 Å². The van der Waals surface area contributed by atoms with Crippen LogP contribution < -0.4 is 10.6 Å². The van der Waals surface area contributed by atoms with Crippen molar-refractivity contribution < 1.29 is 4.79 Å². The van der Waals surface area contributed by atoms with E-state index in [1.165, 1.54) is 0 Å². The van der Waals surface area contributed by atoms with Gasteiger partial charge in [0.25, 0.3) is 0 Å². The highest BCUT2D eigenvalue weighted by atomic mass is 35.5. The van der Waals surface area contributed by atoms with Crippen molar-refractivity contribution in [1.82, 2.24) is 25.6 Å². The molecule has 2 rings (SSSR count). The number of nitrogens with one attached hydrogen (secondary N) is 2. The molecule has 0 aliphatic carbocycles. The molecule has 1 aromatic heterocycles. The number of benzene rings is 1. The van der Waals surface area contributed by atoms with Crippen molar-refractivity contribution in [3.63, 3.8) is 0 Å². The van der Waals surface area contributed by atoms with Gasteiger partial charge in [-0.15, -0.1) is 5.10 Å². The summed E-state index contributed by atoms with van der Waals surface area (Å²) in [6.07, 6.45) is 4.18. The van der Waals surface area contributed by atoms with Gasteiger partial charge in [0.15, 0.2) is 0 Å². The van der Waals surface area contributed by atoms with Crippen LogP contribution in [0.3, 0.4) is 0 Å². The van der Waals surface area contributed by atoms with E-state index in [0.717, 1.165) is 12.0 Å². The Bertz CT molecular complexity index is 618. The standard InChI is InChI=1S/C14H17Cl2N5O/c1-10(11-3-4-12(15)13(16)9-11)19-14(22)17-5-2-7-21-8-6-18-20-21/h3-4,6,8-10H,2,5,7H2,1H3,(H2,17,19,22)/t10-/m1/s1. The van der Waals surface area contributed by atoms with Gasteiger partial charge in [0.1, 0.15) is 0 Å². The molecule has 0 aliphatic heterocycles. The first-order chi connectivity index (χ1) is 10.6. The number of halogens is 2. The Hall–Kier alpha value is -1.79. The molecule has 2 amide bonds. The highest BCUT2D eigenvalue weighted by Gasteiger charge is 2.10. The SMILES string of the molecule is C[C@@H](NC(=O)NCCCn1ccnn1)c1ccc(Cl)c(Cl)c1. The van der Waals surface area contributed by atoms with Crippen molar-refractivity contribution in [1.29, 1.82) is 0 Å². The summed E-state index contributed by atoms with van der Waals surface area (Å²) in [5, 5.41) is 14.2. The predicted octanol–water partition coefficient (Wildman–Crippen LogP) is 3.04. The van der Waals surface area contributed by atoms with Crippen LogP contribution in [0.2, 0.25) is 10.0 Å². The lowest BCUT2D eigenvalue weighted by Gasteiger charge is -2.15. The van der Waals surface area contributed by atoms with Crippen molar-refractivity contribution >= 4 is 29.2 Å². The highest BCUT2D eigenvalue weighted by molar-refractivity contribution is 6.42. The lowest BCUT2D eigenvalue weighted by Crippen LogP contribution is -2.37. The van der Waals surface area contributed by atoms with Crippen molar-refractivity contribution in [3.8, 4) is 0 Å². The Morgan fingerprint density at radius 2 is 2.18 bits per heavy atom. The van der Waals surface area contributed by atoms with Gasteiger partial charge in [-0.1, -0.05) is 34.5 Å². The zero-order chi connectivity index (χ0) is 15.9. The molecule has 0 spiro atoms. The molecule has 1 aromatic carbocycles. The second-order valence-corrected chi connectivity index (χ2v) is 5.63. The first kappa shape index (κ1) is 16.6. The van der Waals surface area contributed by atoms with E-state index in [-0.39, 0.29) is 12.1 Å². The summed E-state index contributed by atoms with van der Waals surface area (Å²) in [5.41, 5.74) is 0.896. The number of carbonyl (C=O) groups excluding carboxylic acids is 1. The van der Waals surface area contributed by atoms with E-state index in [0.29, 0.717) is 23.1 Å². The topological polar surface area (TPSA) is 71.8 Å².